The monoisotopic (exact) mass is 155 g/mol. The summed E-state index contributed by atoms with van der Waals surface area (Å²) in [6.45, 7) is 1.69. The lowest BCUT2D eigenvalue weighted by Crippen LogP contribution is -2.17. The van der Waals surface area contributed by atoms with Crippen LogP contribution >= 0.6 is 0 Å². The van der Waals surface area contributed by atoms with E-state index in [1.54, 1.807) is 6.92 Å². The Morgan fingerprint density at radius 1 is 1.73 bits per heavy atom. The van der Waals surface area contributed by atoms with Crippen LogP contribution in [0.4, 0.5) is 0 Å². The fraction of sp³-hybridized carbons (Fsp3) is 0.500. The van der Waals surface area contributed by atoms with Crippen molar-refractivity contribution in [3.63, 3.8) is 0 Å². The van der Waals surface area contributed by atoms with Gasteiger partial charge in [-0.05, 0) is 6.92 Å². The maximum atomic E-state index is 10.9. The summed E-state index contributed by atoms with van der Waals surface area (Å²) >= 11 is 0. The molecule has 1 aromatic rings. The summed E-state index contributed by atoms with van der Waals surface area (Å²) in [5.41, 5.74) is 0. The molecule has 60 valence electrons. The molecule has 1 unspecified atom stereocenters. The smallest absolute Gasteiger partial charge is 0.330 e. The first-order chi connectivity index (χ1) is 5.25. The number of nitrogens with zero attached hydrogens (tertiary/aromatic N) is 3. The summed E-state index contributed by atoms with van der Waals surface area (Å²) < 4.78 is 5.94. The van der Waals surface area contributed by atoms with Gasteiger partial charge in [0.25, 0.3) is 0 Å². The van der Waals surface area contributed by atoms with E-state index in [2.05, 4.69) is 14.8 Å². The molecule has 0 spiro atoms. The van der Waals surface area contributed by atoms with E-state index in [0.717, 1.165) is 0 Å². The van der Waals surface area contributed by atoms with Gasteiger partial charge in [-0.25, -0.2) is 14.5 Å². The number of carbonyl (C=O) groups excluding carboxylic acids is 1. The third kappa shape index (κ3) is 1.54. The minimum absolute atomic E-state index is 0.324. The average molecular weight is 155 g/mol. The van der Waals surface area contributed by atoms with Crippen LogP contribution in [-0.4, -0.2) is 27.8 Å². The van der Waals surface area contributed by atoms with Crippen molar-refractivity contribution in [3.8, 4) is 0 Å². The van der Waals surface area contributed by atoms with Crippen LogP contribution in [-0.2, 0) is 9.53 Å². The molecule has 1 heterocycles. The van der Waals surface area contributed by atoms with Gasteiger partial charge in [-0.1, -0.05) is 0 Å². The van der Waals surface area contributed by atoms with Crippen molar-refractivity contribution in [1.29, 1.82) is 0 Å². The first-order valence-corrected chi connectivity index (χ1v) is 3.17. The molecule has 0 bridgehead atoms. The van der Waals surface area contributed by atoms with Crippen LogP contribution in [0.2, 0.25) is 0 Å². The molecule has 5 nitrogen and oxygen atoms in total. The summed E-state index contributed by atoms with van der Waals surface area (Å²) in [7, 11) is 1.34. The van der Waals surface area contributed by atoms with Gasteiger partial charge in [-0.15, -0.1) is 0 Å². The molecule has 0 N–H and O–H groups in total. The van der Waals surface area contributed by atoms with Gasteiger partial charge in [-0.3, -0.25) is 0 Å². The van der Waals surface area contributed by atoms with Crippen molar-refractivity contribution >= 4 is 5.97 Å². The Balaban J connectivity index is 2.70. The lowest BCUT2D eigenvalue weighted by molar-refractivity contribution is -0.144. The first kappa shape index (κ1) is 7.71. The van der Waals surface area contributed by atoms with Crippen LogP contribution < -0.4 is 0 Å². The topological polar surface area (TPSA) is 57.0 Å². The standard InChI is InChI=1S/C6H9N3O2/c1-5(6(10)11-2)9-4-7-3-8-9/h3-5H,1-2H3. The maximum absolute atomic E-state index is 10.9. The minimum Gasteiger partial charge on any atom is -0.467 e. The number of carbonyl (C=O) groups is 1. The fourth-order valence-corrected chi connectivity index (χ4v) is 0.696. The quantitative estimate of drug-likeness (QED) is 0.564. The predicted molar refractivity (Wildman–Crippen MR) is 36.7 cm³/mol. The highest BCUT2D eigenvalue weighted by Crippen LogP contribution is 2.02. The Bertz CT molecular complexity index is 232. The number of hydrogen-bond acceptors (Lipinski definition) is 4. The van der Waals surface area contributed by atoms with Crippen molar-refractivity contribution in [1.82, 2.24) is 14.8 Å². The van der Waals surface area contributed by atoms with Gasteiger partial charge in [0.05, 0.1) is 7.11 Å². The zero-order valence-electron chi connectivity index (χ0n) is 6.39. The summed E-state index contributed by atoms with van der Waals surface area (Å²) in [6.07, 6.45) is 2.85. The van der Waals surface area contributed by atoms with Gasteiger partial charge in [0.1, 0.15) is 18.7 Å². The molecule has 1 rings (SSSR count). The Labute approximate surface area is 64.0 Å². The van der Waals surface area contributed by atoms with Gasteiger partial charge in [0, 0.05) is 0 Å². The van der Waals surface area contributed by atoms with Crippen LogP contribution in [0.25, 0.3) is 0 Å². The molecule has 0 saturated heterocycles. The van der Waals surface area contributed by atoms with E-state index < -0.39 is 6.04 Å². The summed E-state index contributed by atoms with van der Waals surface area (Å²) in [5.74, 6) is -0.324. The number of rotatable bonds is 2. The number of esters is 1. The molecule has 11 heavy (non-hydrogen) atoms. The summed E-state index contributed by atoms with van der Waals surface area (Å²) in [4.78, 5) is 14.6. The number of methoxy groups -OCH3 is 1. The van der Waals surface area contributed by atoms with Crippen LogP contribution in [0.15, 0.2) is 12.7 Å². The van der Waals surface area contributed by atoms with E-state index in [0.29, 0.717) is 0 Å². The summed E-state index contributed by atoms with van der Waals surface area (Å²) in [6, 6.07) is -0.400. The molecule has 0 aliphatic heterocycles. The van der Waals surface area contributed by atoms with Crippen LogP contribution in [0.3, 0.4) is 0 Å². The lowest BCUT2D eigenvalue weighted by atomic mass is 10.4. The molecule has 0 aliphatic rings. The third-order valence-corrected chi connectivity index (χ3v) is 1.38. The largest absolute Gasteiger partial charge is 0.467 e. The predicted octanol–water partition coefficient (Wildman–Crippen LogP) is 0.0121. The highest BCUT2D eigenvalue weighted by molar-refractivity contribution is 5.73. The van der Waals surface area contributed by atoms with E-state index in [4.69, 9.17) is 0 Å². The molecule has 0 aliphatic carbocycles. The van der Waals surface area contributed by atoms with E-state index in [1.807, 2.05) is 0 Å². The Kier molecular flexibility index (Phi) is 2.20. The van der Waals surface area contributed by atoms with Crippen molar-refractivity contribution in [2.75, 3.05) is 7.11 Å². The van der Waals surface area contributed by atoms with Crippen LogP contribution in [0, 0.1) is 0 Å². The summed E-state index contributed by atoms with van der Waals surface area (Å²) in [5, 5.41) is 3.79. The van der Waals surface area contributed by atoms with Gasteiger partial charge >= 0.3 is 5.97 Å². The second kappa shape index (κ2) is 3.14. The second-order valence-corrected chi connectivity index (χ2v) is 2.07. The van der Waals surface area contributed by atoms with Crippen molar-refractivity contribution in [2.45, 2.75) is 13.0 Å². The van der Waals surface area contributed by atoms with Crippen LogP contribution in [0.1, 0.15) is 13.0 Å². The average Bonchev–Trinajstić information content (AvgIpc) is 2.53. The fourth-order valence-electron chi connectivity index (χ4n) is 0.696. The zero-order chi connectivity index (χ0) is 8.27. The van der Waals surface area contributed by atoms with Gasteiger partial charge < -0.3 is 4.74 Å². The third-order valence-electron chi connectivity index (χ3n) is 1.38. The Morgan fingerprint density at radius 2 is 2.45 bits per heavy atom. The van der Waals surface area contributed by atoms with Gasteiger partial charge in [0.2, 0.25) is 0 Å². The number of hydrogen-bond donors (Lipinski definition) is 0. The SMILES string of the molecule is COC(=O)C(C)n1cncn1. The van der Waals surface area contributed by atoms with E-state index in [9.17, 15) is 4.79 Å². The van der Waals surface area contributed by atoms with Gasteiger partial charge in [0.15, 0.2) is 0 Å². The Hall–Kier alpha value is -1.39. The van der Waals surface area contributed by atoms with E-state index in [-0.39, 0.29) is 5.97 Å². The molecule has 0 fully saturated rings. The molecular weight excluding hydrogens is 146 g/mol. The normalized spacial score (nSPS) is 12.5. The number of ether oxygens (including phenoxy) is 1. The van der Waals surface area contributed by atoms with Crippen molar-refractivity contribution < 1.29 is 9.53 Å². The molecule has 0 aromatic carbocycles. The molecule has 0 radical (unpaired) electrons. The van der Waals surface area contributed by atoms with E-state index >= 15 is 0 Å². The minimum atomic E-state index is -0.400. The number of aromatic nitrogens is 3. The van der Waals surface area contributed by atoms with Gasteiger partial charge in [-0.2, -0.15) is 5.10 Å². The molecule has 1 atom stereocenters. The van der Waals surface area contributed by atoms with Crippen LogP contribution in [0.5, 0.6) is 0 Å². The van der Waals surface area contributed by atoms with Crippen molar-refractivity contribution in [2.24, 2.45) is 0 Å². The maximum Gasteiger partial charge on any atom is 0.330 e. The highest BCUT2D eigenvalue weighted by Gasteiger charge is 2.14. The van der Waals surface area contributed by atoms with E-state index in [1.165, 1.54) is 24.4 Å². The van der Waals surface area contributed by atoms with Crippen molar-refractivity contribution in [3.05, 3.63) is 12.7 Å². The molecule has 0 saturated carbocycles. The first-order valence-electron chi connectivity index (χ1n) is 3.17. The molecule has 1 aromatic heterocycles. The lowest BCUT2D eigenvalue weighted by Gasteiger charge is -2.07. The second-order valence-electron chi connectivity index (χ2n) is 2.07. The Morgan fingerprint density at radius 3 is 2.91 bits per heavy atom. The zero-order valence-corrected chi connectivity index (χ0v) is 6.39. The highest BCUT2D eigenvalue weighted by atomic mass is 16.5. The molecular formula is C6H9N3O2. The molecule has 0 amide bonds. The molecule has 5 heteroatoms.